The van der Waals surface area contributed by atoms with E-state index >= 15 is 0 Å². The molecule has 0 aliphatic heterocycles. The average molecular weight is 604 g/mol. The number of ether oxygens (including phenoxy) is 1. The molecule has 0 bridgehead atoms. The standard InChI is InChI=1S/C23H23ClFN3O4S.C2HF3O2/c1-12(2)32-19(23(30)31)9-14-6-7-26-16(8-14)11-27-21(29)20-13(3)33-22(28-20)15-4-5-18(25)17(24)10-15;3-2(4,5)1(6)7/h4-8,10,12,19H,9,11H2,1-3H3,(H,27,29)(H,30,31);(H,6,7)/p-2. The Hall–Kier alpha value is -3.62. The maximum absolute atomic E-state index is 13.4. The number of thiazole rings is 1. The van der Waals surface area contributed by atoms with Gasteiger partial charge >= 0.3 is 6.18 Å². The zero-order chi connectivity index (χ0) is 30.2. The number of alkyl halides is 3. The first kappa shape index (κ1) is 32.6. The zero-order valence-electron chi connectivity index (χ0n) is 21.2. The number of halogens is 5. The van der Waals surface area contributed by atoms with Crippen molar-refractivity contribution in [3.8, 4) is 10.6 Å². The van der Waals surface area contributed by atoms with E-state index in [-0.39, 0.29) is 35.7 Å². The maximum Gasteiger partial charge on any atom is 0.430 e. The molecule has 9 nitrogen and oxygen atoms in total. The second-order valence-electron chi connectivity index (χ2n) is 8.37. The van der Waals surface area contributed by atoms with Gasteiger partial charge in [-0.15, -0.1) is 11.3 Å². The van der Waals surface area contributed by atoms with Gasteiger partial charge in [0.05, 0.1) is 29.3 Å². The van der Waals surface area contributed by atoms with Crippen LogP contribution in [0.5, 0.6) is 0 Å². The molecular weight excluding hydrogens is 582 g/mol. The molecule has 2 aromatic heterocycles. The third-order valence-electron chi connectivity index (χ3n) is 4.84. The SMILES string of the molecule is Cc1sc(-c2ccc(F)c(Cl)c2)nc1C(=O)NCc1cc(CC(OC(C)C)C(=O)[O-])ccn1.O=C([O-])C(F)(F)F. The Balaban J connectivity index is 0.000000708. The molecule has 0 saturated heterocycles. The topological polar surface area (TPSA) is 144 Å². The summed E-state index contributed by atoms with van der Waals surface area (Å²) in [6, 6.07) is 7.67. The van der Waals surface area contributed by atoms with Crippen molar-refractivity contribution < 1.29 is 46.9 Å². The van der Waals surface area contributed by atoms with Gasteiger partial charge in [-0.2, -0.15) is 13.2 Å². The second-order valence-corrected chi connectivity index (χ2v) is 9.98. The van der Waals surface area contributed by atoms with Gasteiger partial charge in [-0.25, -0.2) is 9.37 Å². The number of pyridine rings is 1. The molecule has 0 saturated carbocycles. The Morgan fingerprint density at radius 3 is 2.35 bits per heavy atom. The van der Waals surface area contributed by atoms with Crippen LogP contribution in [0.4, 0.5) is 17.6 Å². The van der Waals surface area contributed by atoms with Crippen LogP contribution in [-0.2, 0) is 27.3 Å². The van der Waals surface area contributed by atoms with Gasteiger partial charge in [0.25, 0.3) is 5.91 Å². The highest BCUT2D eigenvalue weighted by atomic mass is 35.5. The molecule has 0 fully saturated rings. The molecule has 0 aliphatic rings. The van der Waals surface area contributed by atoms with Crippen LogP contribution in [0.25, 0.3) is 10.6 Å². The van der Waals surface area contributed by atoms with Gasteiger partial charge in [0.1, 0.15) is 28.6 Å². The smallest absolute Gasteiger partial charge is 0.430 e. The molecule has 0 radical (unpaired) electrons. The summed E-state index contributed by atoms with van der Waals surface area (Å²) in [4.78, 5) is 42.1. The van der Waals surface area contributed by atoms with E-state index < -0.39 is 30.0 Å². The molecule has 1 amide bonds. The molecule has 216 valence electrons. The number of hydrogen-bond donors (Lipinski definition) is 1. The lowest BCUT2D eigenvalue weighted by Crippen LogP contribution is -2.40. The minimum absolute atomic E-state index is 0.0166. The Kier molecular flexibility index (Phi) is 11.5. The number of nitrogens with zero attached hydrogens (tertiary/aromatic N) is 2. The molecule has 3 rings (SSSR count). The molecular formula is C25H22ClF4N3O6S-2. The van der Waals surface area contributed by atoms with Crippen molar-refractivity contribution in [2.75, 3.05) is 0 Å². The quantitative estimate of drug-likeness (QED) is 0.368. The fraction of sp³-hybridized carbons (Fsp3) is 0.320. The van der Waals surface area contributed by atoms with Crippen LogP contribution in [-0.4, -0.2) is 46.2 Å². The number of nitrogens with one attached hydrogen (secondary N) is 1. The summed E-state index contributed by atoms with van der Waals surface area (Å²) >= 11 is 7.15. The first-order valence-corrected chi connectivity index (χ1v) is 12.6. The summed E-state index contributed by atoms with van der Waals surface area (Å²) < 4.78 is 50.4. The number of carbonyl (C=O) groups is 3. The van der Waals surface area contributed by atoms with Crippen LogP contribution in [0.3, 0.4) is 0 Å². The summed E-state index contributed by atoms with van der Waals surface area (Å²) in [5, 5.41) is 23.4. The summed E-state index contributed by atoms with van der Waals surface area (Å²) in [5.74, 6) is -5.20. The largest absolute Gasteiger partial charge is 0.547 e. The number of aliphatic carboxylic acids is 2. The van der Waals surface area contributed by atoms with E-state index in [1.54, 1.807) is 45.2 Å². The highest BCUT2D eigenvalue weighted by molar-refractivity contribution is 7.15. The van der Waals surface area contributed by atoms with Crippen LogP contribution < -0.4 is 15.5 Å². The van der Waals surface area contributed by atoms with E-state index in [0.717, 1.165) is 0 Å². The number of aromatic nitrogens is 2. The van der Waals surface area contributed by atoms with Crippen molar-refractivity contribution in [1.82, 2.24) is 15.3 Å². The molecule has 3 aromatic rings. The Labute approximate surface area is 234 Å². The number of carbonyl (C=O) groups excluding carboxylic acids is 3. The lowest BCUT2D eigenvalue weighted by atomic mass is 10.1. The fourth-order valence-corrected chi connectivity index (χ4v) is 4.18. The number of hydrogen-bond acceptors (Lipinski definition) is 9. The molecule has 15 heteroatoms. The van der Waals surface area contributed by atoms with Gasteiger partial charge in [-0.3, -0.25) is 9.78 Å². The van der Waals surface area contributed by atoms with Crippen LogP contribution in [0.1, 0.15) is 40.5 Å². The van der Waals surface area contributed by atoms with Crippen molar-refractivity contribution in [3.05, 3.63) is 69.2 Å². The third kappa shape index (κ3) is 9.84. The number of amides is 1. The monoisotopic (exact) mass is 603 g/mol. The van der Waals surface area contributed by atoms with Gasteiger partial charge in [0.2, 0.25) is 0 Å². The molecule has 40 heavy (non-hydrogen) atoms. The van der Waals surface area contributed by atoms with E-state index in [9.17, 15) is 32.3 Å². The lowest BCUT2D eigenvalue weighted by molar-refractivity contribution is -0.344. The average Bonchev–Trinajstić information content (AvgIpc) is 3.25. The summed E-state index contributed by atoms with van der Waals surface area (Å²) in [6.07, 6.45) is -4.86. The second kappa shape index (κ2) is 14.1. The number of carboxylic acids is 2. The van der Waals surface area contributed by atoms with E-state index in [1.165, 1.54) is 23.5 Å². The first-order valence-electron chi connectivity index (χ1n) is 11.4. The minimum Gasteiger partial charge on any atom is -0.547 e. The minimum atomic E-state index is -5.19. The van der Waals surface area contributed by atoms with E-state index in [1.807, 2.05) is 0 Å². The maximum atomic E-state index is 13.4. The van der Waals surface area contributed by atoms with E-state index in [4.69, 9.17) is 26.2 Å². The van der Waals surface area contributed by atoms with Crippen LogP contribution in [0, 0.1) is 12.7 Å². The van der Waals surface area contributed by atoms with Gasteiger partial charge in [0.15, 0.2) is 0 Å². The number of carboxylic acid groups (broad SMARTS) is 2. The van der Waals surface area contributed by atoms with Gasteiger partial charge < -0.3 is 29.9 Å². The normalized spacial score (nSPS) is 11.9. The molecule has 1 atom stereocenters. The molecule has 0 spiro atoms. The van der Waals surface area contributed by atoms with Crippen molar-refractivity contribution in [3.63, 3.8) is 0 Å². The lowest BCUT2D eigenvalue weighted by Gasteiger charge is -2.21. The van der Waals surface area contributed by atoms with Gasteiger partial charge in [-0.05, 0) is 56.7 Å². The Morgan fingerprint density at radius 2 is 1.80 bits per heavy atom. The highest BCUT2D eigenvalue weighted by Gasteiger charge is 2.28. The van der Waals surface area contributed by atoms with Crippen LogP contribution in [0.15, 0.2) is 36.5 Å². The van der Waals surface area contributed by atoms with E-state index in [0.29, 0.717) is 26.7 Å². The number of rotatable bonds is 9. The van der Waals surface area contributed by atoms with Crippen molar-refractivity contribution >= 4 is 40.8 Å². The fourth-order valence-electron chi connectivity index (χ4n) is 3.10. The molecule has 1 unspecified atom stereocenters. The van der Waals surface area contributed by atoms with Crippen molar-refractivity contribution in [2.24, 2.45) is 0 Å². The Bertz CT molecular complexity index is 1370. The summed E-state index contributed by atoms with van der Waals surface area (Å²) in [5.41, 5.74) is 2.13. The zero-order valence-corrected chi connectivity index (χ0v) is 22.7. The Morgan fingerprint density at radius 1 is 1.15 bits per heavy atom. The van der Waals surface area contributed by atoms with Gasteiger partial charge in [0, 0.05) is 23.1 Å². The van der Waals surface area contributed by atoms with Crippen LogP contribution in [0.2, 0.25) is 5.02 Å². The van der Waals surface area contributed by atoms with E-state index in [2.05, 4.69) is 15.3 Å². The molecule has 0 aliphatic carbocycles. The molecule has 1 aromatic carbocycles. The van der Waals surface area contributed by atoms with Crippen molar-refractivity contribution in [1.29, 1.82) is 0 Å². The predicted molar refractivity (Wildman–Crippen MR) is 132 cm³/mol. The van der Waals surface area contributed by atoms with Crippen molar-refractivity contribution in [2.45, 2.75) is 52.1 Å². The first-order chi connectivity index (χ1) is 18.6. The third-order valence-corrected chi connectivity index (χ3v) is 6.15. The highest BCUT2D eigenvalue weighted by Crippen LogP contribution is 2.30. The number of aryl methyl sites for hydroxylation is 1. The van der Waals surface area contributed by atoms with Gasteiger partial charge in [-0.1, -0.05) is 11.6 Å². The summed E-state index contributed by atoms with van der Waals surface area (Å²) in [7, 11) is 0. The molecule has 1 N–H and O–H groups in total. The predicted octanol–water partition coefficient (Wildman–Crippen LogP) is 2.62. The molecule has 2 heterocycles. The number of benzene rings is 1. The van der Waals surface area contributed by atoms with Crippen LogP contribution >= 0.6 is 22.9 Å². The summed E-state index contributed by atoms with van der Waals surface area (Å²) in [6.45, 7) is 5.40.